The van der Waals surface area contributed by atoms with Crippen molar-refractivity contribution in [1.82, 2.24) is 9.47 Å². The number of hydrogen-bond acceptors (Lipinski definition) is 3. The number of nitrogens with zero attached hydrogens (tertiary/aromatic N) is 2. The minimum atomic E-state index is 0.0342. The van der Waals surface area contributed by atoms with Crippen molar-refractivity contribution in [2.45, 2.75) is 25.3 Å². The molecule has 1 aromatic heterocycles. The maximum absolute atomic E-state index is 13.3. The van der Waals surface area contributed by atoms with Crippen molar-refractivity contribution in [3.8, 4) is 5.75 Å². The van der Waals surface area contributed by atoms with Crippen LogP contribution in [0.1, 0.15) is 40.4 Å². The predicted octanol–water partition coefficient (Wildman–Crippen LogP) is 5.29. The number of Topliss-reactive ketones (excluding diaryl/α,β-unsaturated/α-hetero) is 1. The summed E-state index contributed by atoms with van der Waals surface area (Å²) in [7, 11) is 0. The number of aromatic nitrogens is 1. The van der Waals surface area contributed by atoms with E-state index in [1.54, 1.807) is 0 Å². The van der Waals surface area contributed by atoms with E-state index < -0.39 is 0 Å². The molecule has 0 bridgehead atoms. The number of piperidine rings is 1. The van der Waals surface area contributed by atoms with Crippen molar-refractivity contribution in [3.63, 3.8) is 0 Å². The van der Waals surface area contributed by atoms with Gasteiger partial charge in [-0.3, -0.25) is 9.59 Å². The van der Waals surface area contributed by atoms with E-state index in [0.717, 1.165) is 31.5 Å². The molecule has 0 aliphatic carbocycles. The average Bonchev–Trinajstić information content (AvgIpc) is 3.33. The lowest BCUT2D eigenvalue weighted by atomic mass is 9.84. The van der Waals surface area contributed by atoms with Gasteiger partial charge >= 0.3 is 0 Å². The average molecular weight is 465 g/mol. The van der Waals surface area contributed by atoms with Gasteiger partial charge in [0.1, 0.15) is 12.4 Å². The quantitative estimate of drug-likeness (QED) is 0.413. The van der Waals surface area contributed by atoms with E-state index in [4.69, 9.17) is 4.74 Å². The van der Waals surface area contributed by atoms with Crippen LogP contribution in [0.4, 0.5) is 0 Å². The smallest absolute Gasteiger partial charge is 0.253 e. The summed E-state index contributed by atoms with van der Waals surface area (Å²) in [5.74, 6) is 1.22. The van der Waals surface area contributed by atoms with Gasteiger partial charge in [0.15, 0.2) is 5.78 Å². The first-order chi connectivity index (χ1) is 17.2. The van der Waals surface area contributed by atoms with Crippen LogP contribution in [0, 0.1) is 5.92 Å². The number of likely N-dealkylation sites (tertiary alicyclic amines) is 1. The zero-order chi connectivity index (χ0) is 23.8. The van der Waals surface area contributed by atoms with Crippen LogP contribution in [0.25, 0.3) is 10.9 Å². The van der Waals surface area contributed by atoms with Crippen LogP contribution < -0.4 is 4.74 Å². The number of carbonyl (C=O) groups is 2. The van der Waals surface area contributed by atoms with Crippen molar-refractivity contribution in [2.75, 3.05) is 19.7 Å². The fourth-order valence-corrected chi connectivity index (χ4v) is 5.67. The number of ketones is 1. The van der Waals surface area contributed by atoms with Crippen molar-refractivity contribution in [2.24, 2.45) is 5.92 Å². The molecular weight excluding hydrogens is 436 g/mol. The number of fused-ring (bicyclic) bond motifs is 2. The Morgan fingerprint density at radius 3 is 2.51 bits per heavy atom. The molecule has 4 aromatic rings. The lowest BCUT2D eigenvalue weighted by Crippen LogP contribution is -2.40. The maximum Gasteiger partial charge on any atom is 0.253 e. The van der Waals surface area contributed by atoms with E-state index in [9.17, 15) is 9.59 Å². The number of benzene rings is 3. The van der Waals surface area contributed by atoms with Gasteiger partial charge in [-0.05, 0) is 60.0 Å². The van der Waals surface area contributed by atoms with Crippen LogP contribution in [0.15, 0.2) is 85.1 Å². The Bertz CT molecular complexity index is 1380. The van der Waals surface area contributed by atoms with Crippen LogP contribution in [0.3, 0.4) is 0 Å². The zero-order valence-electron chi connectivity index (χ0n) is 19.6. The molecule has 2 aliphatic rings. The molecule has 35 heavy (non-hydrogen) atoms. The lowest BCUT2D eigenvalue weighted by molar-refractivity contribution is -0.121. The Morgan fingerprint density at radius 2 is 1.69 bits per heavy atom. The molecule has 5 heteroatoms. The first-order valence-electron chi connectivity index (χ1n) is 12.3. The molecule has 0 N–H and O–H groups in total. The molecule has 0 spiro atoms. The standard InChI is InChI=1S/C30H28N2O3/c33-26-19-25-18-24(10-11-28(25)35-20-26)30(34)31-15-12-23(13-16-31)29(22-7-2-1-3-8-22)32-17-14-21-6-4-5-9-27(21)32/h1-11,14,17-18,23,29H,12-13,15-16,19-20H2. The highest BCUT2D eigenvalue weighted by Crippen LogP contribution is 2.37. The Kier molecular flexibility index (Phi) is 5.61. The number of hydrogen-bond donors (Lipinski definition) is 0. The summed E-state index contributed by atoms with van der Waals surface area (Å²) in [4.78, 5) is 27.1. The fourth-order valence-electron chi connectivity index (χ4n) is 5.67. The van der Waals surface area contributed by atoms with E-state index in [2.05, 4.69) is 71.4 Å². The summed E-state index contributed by atoms with van der Waals surface area (Å²) in [6, 6.07) is 27.1. The number of ether oxygens (including phenoxy) is 1. The van der Waals surface area contributed by atoms with Crippen LogP contribution in [0.5, 0.6) is 5.75 Å². The van der Waals surface area contributed by atoms with E-state index in [1.165, 1.54) is 16.5 Å². The maximum atomic E-state index is 13.3. The molecule has 6 rings (SSSR count). The molecule has 1 amide bonds. The van der Waals surface area contributed by atoms with Crippen LogP contribution in [-0.2, 0) is 11.2 Å². The van der Waals surface area contributed by atoms with E-state index in [1.807, 2.05) is 23.1 Å². The molecule has 1 saturated heterocycles. The summed E-state index contributed by atoms with van der Waals surface area (Å²) in [6.07, 6.45) is 4.41. The van der Waals surface area contributed by atoms with Gasteiger partial charge in [0.25, 0.3) is 5.91 Å². The third kappa shape index (κ3) is 4.12. The van der Waals surface area contributed by atoms with Crippen molar-refractivity contribution in [3.05, 3.63) is 102 Å². The zero-order valence-corrected chi connectivity index (χ0v) is 19.6. The molecule has 5 nitrogen and oxygen atoms in total. The summed E-state index contributed by atoms with van der Waals surface area (Å²) >= 11 is 0. The largest absolute Gasteiger partial charge is 0.486 e. The highest BCUT2D eigenvalue weighted by atomic mass is 16.5. The molecule has 3 heterocycles. The van der Waals surface area contributed by atoms with Gasteiger partial charge in [-0.1, -0.05) is 48.5 Å². The summed E-state index contributed by atoms with van der Waals surface area (Å²) in [5.41, 5.74) is 3.99. The minimum Gasteiger partial charge on any atom is -0.486 e. The molecule has 1 fully saturated rings. The molecule has 3 aromatic carbocycles. The number of carbonyl (C=O) groups excluding carboxylic acids is 2. The molecule has 176 valence electrons. The van der Waals surface area contributed by atoms with Crippen molar-refractivity contribution >= 4 is 22.6 Å². The highest BCUT2D eigenvalue weighted by molar-refractivity contribution is 5.95. The molecule has 0 radical (unpaired) electrons. The van der Waals surface area contributed by atoms with Crippen LogP contribution >= 0.6 is 0 Å². The Balaban J connectivity index is 1.23. The van der Waals surface area contributed by atoms with Gasteiger partial charge in [0.2, 0.25) is 0 Å². The Hall–Kier alpha value is -3.86. The second kappa shape index (κ2) is 9.06. The number of para-hydroxylation sites is 1. The normalized spacial score (nSPS) is 17.1. The van der Waals surface area contributed by atoms with Gasteiger partial charge in [-0.15, -0.1) is 0 Å². The molecule has 1 atom stereocenters. The summed E-state index contributed by atoms with van der Waals surface area (Å²) in [6.45, 7) is 1.56. The fraction of sp³-hybridized carbons (Fsp3) is 0.267. The summed E-state index contributed by atoms with van der Waals surface area (Å²) in [5, 5.41) is 1.25. The number of rotatable bonds is 4. The second-order valence-corrected chi connectivity index (χ2v) is 9.59. The SMILES string of the molecule is O=C1COc2ccc(C(=O)N3CCC(C(c4ccccc4)n4ccc5ccccc54)CC3)cc2C1. The van der Waals surface area contributed by atoms with E-state index >= 15 is 0 Å². The van der Waals surface area contributed by atoms with Crippen molar-refractivity contribution < 1.29 is 14.3 Å². The van der Waals surface area contributed by atoms with Gasteiger partial charge in [0, 0.05) is 42.4 Å². The third-order valence-corrected chi connectivity index (χ3v) is 7.43. The molecule has 1 unspecified atom stereocenters. The monoisotopic (exact) mass is 464 g/mol. The third-order valence-electron chi connectivity index (χ3n) is 7.43. The van der Waals surface area contributed by atoms with E-state index in [-0.39, 0.29) is 24.3 Å². The molecule has 0 saturated carbocycles. The Labute approximate surface area is 204 Å². The van der Waals surface area contributed by atoms with Crippen LogP contribution in [0.2, 0.25) is 0 Å². The van der Waals surface area contributed by atoms with Gasteiger partial charge in [0.05, 0.1) is 6.04 Å². The Morgan fingerprint density at radius 1 is 0.914 bits per heavy atom. The lowest BCUT2D eigenvalue weighted by Gasteiger charge is -2.37. The topological polar surface area (TPSA) is 51.5 Å². The predicted molar refractivity (Wildman–Crippen MR) is 136 cm³/mol. The number of amides is 1. The van der Waals surface area contributed by atoms with Gasteiger partial charge in [-0.2, -0.15) is 0 Å². The molecular formula is C30H28N2O3. The van der Waals surface area contributed by atoms with Gasteiger partial charge in [-0.25, -0.2) is 0 Å². The summed E-state index contributed by atoms with van der Waals surface area (Å²) < 4.78 is 7.90. The van der Waals surface area contributed by atoms with Gasteiger partial charge < -0.3 is 14.2 Å². The van der Waals surface area contributed by atoms with Crippen molar-refractivity contribution in [1.29, 1.82) is 0 Å². The molecule has 2 aliphatic heterocycles. The highest BCUT2D eigenvalue weighted by Gasteiger charge is 2.31. The first kappa shape index (κ1) is 21.7. The van der Waals surface area contributed by atoms with E-state index in [0.29, 0.717) is 23.7 Å². The first-order valence-corrected chi connectivity index (χ1v) is 12.3. The second-order valence-electron chi connectivity index (χ2n) is 9.59. The minimum absolute atomic E-state index is 0.0342. The van der Waals surface area contributed by atoms with Crippen LogP contribution in [-0.4, -0.2) is 40.9 Å².